The van der Waals surface area contributed by atoms with Crippen molar-refractivity contribution in [1.29, 1.82) is 0 Å². The van der Waals surface area contributed by atoms with Gasteiger partial charge in [0.05, 0.1) is 0 Å². The van der Waals surface area contributed by atoms with Gasteiger partial charge >= 0.3 is 0 Å². The standard InChI is InChI=1S/C5H8ClN3O/c1-5(7)8-4(6)2-3-9(5)10/h2-3,10H,7H2,1H3. The minimum absolute atomic E-state index is 0.287. The van der Waals surface area contributed by atoms with E-state index in [4.69, 9.17) is 22.5 Å². The molecule has 0 amide bonds. The van der Waals surface area contributed by atoms with Crippen LogP contribution in [-0.4, -0.2) is 21.2 Å². The van der Waals surface area contributed by atoms with Gasteiger partial charge in [-0.05, 0) is 13.0 Å². The molecule has 0 bridgehead atoms. The fourth-order valence-electron chi connectivity index (χ4n) is 0.588. The Bertz CT molecular complexity index is 199. The zero-order valence-electron chi connectivity index (χ0n) is 5.45. The topological polar surface area (TPSA) is 61.8 Å². The number of aliphatic imine (C=N–C) groups is 1. The smallest absolute Gasteiger partial charge is 0.205 e. The summed E-state index contributed by atoms with van der Waals surface area (Å²) in [6, 6.07) is 0. The van der Waals surface area contributed by atoms with Crippen molar-refractivity contribution in [1.82, 2.24) is 5.06 Å². The minimum Gasteiger partial charge on any atom is -0.288 e. The van der Waals surface area contributed by atoms with Gasteiger partial charge in [-0.1, -0.05) is 11.6 Å². The van der Waals surface area contributed by atoms with E-state index in [9.17, 15) is 0 Å². The van der Waals surface area contributed by atoms with Crippen molar-refractivity contribution in [3.8, 4) is 0 Å². The Kier molecular flexibility index (Phi) is 1.68. The number of halogens is 1. The van der Waals surface area contributed by atoms with E-state index in [0.717, 1.165) is 5.06 Å². The summed E-state index contributed by atoms with van der Waals surface area (Å²) in [5.41, 5.74) is 5.46. The van der Waals surface area contributed by atoms with Crippen molar-refractivity contribution in [2.24, 2.45) is 10.7 Å². The maximum absolute atomic E-state index is 9.01. The molecule has 3 N–H and O–H groups in total. The lowest BCUT2D eigenvalue weighted by Crippen LogP contribution is -2.49. The molecule has 1 atom stereocenters. The Morgan fingerprint density at radius 2 is 2.50 bits per heavy atom. The maximum Gasteiger partial charge on any atom is 0.205 e. The Morgan fingerprint density at radius 3 is 2.90 bits per heavy atom. The summed E-state index contributed by atoms with van der Waals surface area (Å²) in [6.45, 7) is 1.54. The highest BCUT2D eigenvalue weighted by molar-refractivity contribution is 6.68. The van der Waals surface area contributed by atoms with E-state index in [1.807, 2.05) is 0 Å². The second kappa shape index (κ2) is 2.23. The first kappa shape index (κ1) is 7.53. The van der Waals surface area contributed by atoms with Gasteiger partial charge in [0.15, 0.2) is 0 Å². The molecule has 1 unspecified atom stereocenters. The monoisotopic (exact) mass is 161 g/mol. The van der Waals surface area contributed by atoms with E-state index >= 15 is 0 Å². The number of nitrogens with zero attached hydrogens (tertiary/aromatic N) is 2. The SMILES string of the molecule is CC1(N)N=C(Cl)C=CN1O. The first-order chi connectivity index (χ1) is 4.52. The van der Waals surface area contributed by atoms with Crippen LogP contribution in [0.25, 0.3) is 0 Å². The lowest BCUT2D eigenvalue weighted by Gasteiger charge is -2.30. The molecule has 1 heterocycles. The number of nitrogens with two attached hydrogens (primary N) is 1. The molecule has 0 aliphatic carbocycles. The Balaban J connectivity index is 2.88. The second-order valence-corrected chi connectivity index (χ2v) is 2.58. The fraction of sp³-hybridized carbons (Fsp3) is 0.400. The molecule has 0 aromatic carbocycles. The molecule has 0 radical (unpaired) electrons. The quantitative estimate of drug-likeness (QED) is 0.543. The van der Waals surface area contributed by atoms with Crippen molar-refractivity contribution in [3.05, 3.63) is 12.3 Å². The molecule has 1 aliphatic rings. The van der Waals surface area contributed by atoms with Gasteiger partial charge in [0.1, 0.15) is 5.17 Å². The van der Waals surface area contributed by atoms with E-state index in [0.29, 0.717) is 0 Å². The van der Waals surface area contributed by atoms with Gasteiger partial charge in [-0.15, -0.1) is 0 Å². The van der Waals surface area contributed by atoms with Gasteiger partial charge < -0.3 is 0 Å². The van der Waals surface area contributed by atoms with Crippen molar-refractivity contribution < 1.29 is 5.21 Å². The molecular formula is C5H8ClN3O. The van der Waals surface area contributed by atoms with Gasteiger partial charge in [0.2, 0.25) is 5.79 Å². The van der Waals surface area contributed by atoms with Gasteiger partial charge in [0, 0.05) is 6.20 Å². The molecule has 5 heteroatoms. The molecule has 0 fully saturated rings. The third-order valence-corrected chi connectivity index (χ3v) is 1.36. The van der Waals surface area contributed by atoms with Crippen molar-refractivity contribution >= 4 is 16.8 Å². The van der Waals surface area contributed by atoms with Gasteiger partial charge in [-0.25, -0.2) is 10.1 Å². The molecule has 0 saturated heterocycles. The van der Waals surface area contributed by atoms with Crippen LogP contribution in [0.2, 0.25) is 0 Å². The average Bonchev–Trinajstić information content (AvgIpc) is 1.78. The Morgan fingerprint density at radius 1 is 1.90 bits per heavy atom. The maximum atomic E-state index is 9.01. The Labute approximate surface area is 63.6 Å². The molecule has 4 nitrogen and oxygen atoms in total. The van der Waals surface area contributed by atoms with Crippen LogP contribution in [0.3, 0.4) is 0 Å². The van der Waals surface area contributed by atoms with E-state index < -0.39 is 5.79 Å². The summed E-state index contributed by atoms with van der Waals surface area (Å²) in [5.74, 6) is -1.13. The summed E-state index contributed by atoms with van der Waals surface area (Å²) in [6.07, 6.45) is 2.81. The fourth-order valence-corrected chi connectivity index (χ4v) is 0.815. The zero-order valence-corrected chi connectivity index (χ0v) is 6.21. The largest absolute Gasteiger partial charge is 0.288 e. The van der Waals surface area contributed by atoms with Crippen LogP contribution in [0.1, 0.15) is 6.92 Å². The highest BCUT2D eigenvalue weighted by Gasteiger charge is 2.25. The van der Waals surface area contributed by atoms with Crippen molar-refractivity contribution in [3.63, 3.8) is 0 Å². The van der Waals surface area contributed by atoms with Crippen molar-refractivity contribution in [2.45, 2.75) is 12.7 Å². The van der Waals surface area contributed by atoms with Crippen LogP contribution >= 0.6 is 11.6 Å². The summed E-state index contributed by atoms with van der Waals surface area (Å²) in [5, 5.41) is 10.1. The molecule has 56 valence electrons. The van der Waals surface area contributed by atoms with E-state index in [1.54, 1.807) is 6.92 Å². The van der Waals surface area contributed by atoms with E-state index in [2.05, 4.69) is 4.99 Å². The summed E-state index contributed by atoms with van der Waals surface area (Å²) in [7, 11) is 0. The molecule has 1 aliphatic heterocycles. The molecule has 0 spiro atoms. The van der Waals surface area contributed by atoms with Crippen LogP contribution in [0, 0.1) is 0 Å². The lowest BCUT2D eigenvalue weighted by molar-refractivity contribution is -0.120. The van der Waals surface area contributed by atoms with Gasteiger partial charge in [-0.3, -0.25) is 10.9 Å². The summed E-state index contributed by atoms with van der Waals surface area (Å²) in [4.78, 5) is 3.74. The van der Waals surface area contributed by atoms with E-state index in [1.165, 1.54) is 12.3 Å². The van der Waals surface area contributed by atoms with Crippen molar-refractivity contribution in [2.75, 3.05) is 0 Å². The highest BCUT2D eigenvalue weighted by atomic mass is 35.5. The van der Waals surface area contributed by atoms with Gasteiger partial charge in [0.25, 0.3) is 0 Å². The third-order valence-electron chi connectivity index (χ3n) is 1.15. The molecule has 0 aromatic rings. The number of hydrogen-bond acceptors (Lipinski definition) is 4. The highest BCUT2D eigenvalue weighted by Crippen LogP contribution is 2.13. The first-order valence-electron chi connectivity index (χ1n) is 2.73. The number of allylic oxidation sites excluding steroid dienone is 1. The third kappa shape index (κ3) is 1.29. The number of hydrogen-bond donors (Lipinski definition) is 2. The minimum atomic E-state index is -1.13. The predicted octanol–water partition coefficient (Wildman–Crippen LogP) is 0.475. The number of hydroxylamine groups is 2. The second-order valence-electron chi connectivity index (χ2n) is 2.19. The first-order valence-corrected chi connectivity index (χ1v) is 3.11. The van der Waals surface area contributed by atoms with E-state index in [-0.39, 0.29) is 5.17 Å². The molecule has 10 heavy (non-hydrogen) atoms. The lowest BCUT2D eigenvalue weighted by atomic mass is 10.4. The zero-order chi connectivity index (χ0) is 7.78. The molecule has 0 saturated carbocycles. The normalized spacial score (nSPS) is 32.4. The molecule has 0 aromatic heterocycles. The summed E-state index contributed by atoms with van der Waals surface area (Å²) < 4.78 is 0. The van der Waals surface area contributed by atoms with Crippen LogP contribution in [0.5, 0.6) is 0 Å². The summed E-state index contributed by atoms with van der Waals surface area (Å²) >= 11 is 5.51. The van der Waals surface area contributed by atoms with Crippen LogP contribution in [0.15, 0.2) is 17.3 Å². The van der Waals surface area contributed by atoms with Crippen LogP contribution in [0.4, 0.5) is 0 Å². The molecule has 1 rings (SSSR count). The van der Waals surface area contributed by atoms with Crippen LogP contribution < -0.4 is 5.73 Å². The van der Waals surface area contributed by atoms with Gasteiger partial charge in [-0.2, -0.15) is 0 Å². The molecular weight excluding hydrogens is 154 g/mol. The van der Waals surface area contributed by atoms with Crippen LogP contribution in [-0.2, 0) is 0 Å². The predicted molar refractivity (Wildman–Crippen MR) is 38.6 cm³/mol. The number of rotatable bonds is 0. The average molecular weight is 162 g/mol. The Hall–Kier alpha value is -0.580.